The second-order valence-corrected chi connectivity index (χ2v) is 8.37. The van der Waals surface area contributed by atoms with Gasteiger partial charge in [0, 0.05) is 19.7 Å². The summed E-state index contributed by atoms with van der Waals surface area (Å²) in [6, 6.07) is 3.41. The Kier molecular flexibility index (Phi) is 4.61. The number of fused-ring (bicyclic) bond motifs is 1. The zero-order chi connectivity index (χ0) is 17.5. The number of carbonyl (C=O) groups is 1. The molecule has 2 aliphatic rings. The van der Waals surface area contributed by atoms with Crippen molar-refractivity contribution in [2.45, 2.75) is 32.4 Å². The molecule has 1 aliphatic carbocycles. The van der Waals surface area contributed by atoms with Gasteiger partial charge in [-0.2, -0.15) is 0 Å². The van der Waals surface area contributed by atoms with E-state index in [-0.39, 0.29) is 30.0 Å². The average Bonchev–Trinajstić information content (AvgIpc) is 3.29. The van der Waals surface area contributed by atoms with E-state index >= 15 is 0 Å². The molecule has 1 aliphatic heterocycles. The van der Waals surface area contributed by atoms with Gasteiger partial charge >= 0.3 is 0 Å². The van der Waals surface area contributed by atoms with Crippen molar-refractivity contribution in [2.24, 2.45) is 5.92 Å². The van der Waals surface area contributed by atoms with Gasteiger partial charge in [-0.05, 0) is 37.3 Å². The number of methoxy groups -OCH3 is 1. The molecule has 1 aromatic rings. The fourth-order valence-corrected chi connectivity index (χ4v) is 4.14. The summed E-state index contributed by atoms with van der Waals surface area (Å²) in [6.45, 7) is 2.61. The Balaban J connectivity index is 1.90. The molecule has 1 fully saturated rings. The lowest BCUT2D eigenvalue weighted by Gasteiger charge is -2.24. The van der Waals surface area contributed by atoms with Crippen molar-refractivity contribution in [3.63, 3.8) is 0 Å². The predicted molar refractivity (Wildman–Crippen MR) is 93.2 cm³/mol. The standard InChI is InChI=1S/C16H21BN2O4S/c1-10(11-3-4-11)19-9-12-7-13(17)8-14(15(12)16(19)20)18-24(21,22)6-5-23-2/h7-8,10-11,18H,3-6,9H2,1-2H3/t10-/m0/s1. The maximum Gasteiger partial charge on any atom is 0.256 e. The second-order valence-electron chi connectivity index (χ2n) is 6.53. The molecule has 1 heterocycles. The molecular formula is C16H21BN2O4S. The van der Waals surface area contributed by atoms with Gasteiger partial charge in [0.05, 0.1) is 23.6 Å². The lowest BCUT2D eigenvalue weighted by atomic mass is 9.91. The van der Waals surface area contributed by atoms with Gasteiger partial charge in [-0.15, -0.1) is 0 Å². The zero-order valence-electron chi connectivity index (χ0n) is 13.9. The van der Waals surface area contributed by atoms with Crippen LogP contribution in [0, 0.1) is 5.92 Å². The molecule has 128 valence electrons. The number of hydrogen-bond acceptors (Lipinski definition) is 4. The highest BCUT2D eigenvalue weighted by molar-refractivity contribution is 7.92. The molecule has 3 rings (SSSR count). The summed E-state index contributed by atoms with van der Waals surface area (Å²) in [5.41, 5.74) is 1.89. The quantitative estimate of drug-likeness (QED) is 0.733. The first-order valence-electron chi connectivity index (χ1n) is 8.05. The number of rotatable bonds is 7. The molecule has 0 bridgehead atoms. The first kappa shape index (κ1) is 17.3. The summed E-state index contributed by atoms with van der Waals surface area (Å²) < 4.78 is 31.6. The molecule has 0 spiro atoms. The van der Waals surface area contributed by atoms with Crippen LogP contribution in [0.2, 0.25) is 0 Å². The fourth-order valence-electron chi connectivity index (χ4n) is 3.16. The Morgan fingerprint density at radius 3 is 2.75 bits per heavy atom. The molecule has 1 saturated carbocycles. The number of ether oxygens (including phenoxy) is 1. The van der Waals surface area contributed by atoms with Crippen LogP contribution in [-0.2, 0) is 21.3 Å². The van der Waals surface area contributed by atoms with E-state index in [0.29, 0.717) is 23.5 Å². The van der Waals surface area contributed by atoms with Gasteiger partial charge in [0.25, 0.3) is 5.91 Å². The third-order valence-corrected chi connectivity index (χ3v) is 5.91. The van der Waals surface area contributed by atoms with Crippen LogP contribution in [0.1, 0.15) is 35.7 Å². The summed E-state index contributed by atoms with van der Waals surface area (Å²) >= 11 is 0. The van der Waals surface area contributed by atoms with Crippen LogP contribution in [0.5, 0.6) is 0 Å². The molecule has 24 heavy (non-hydrogen) atoms. The minimum atomic E-state index is -3.60. The van der Waals surface area contributed by atoms with Crippen LogP contribution in [-0.4, -0.2) is 52.6 Å². The minimum Gasteiger partial charge on any atom is -0.384 e. The summed E-state index contributed by atoms with van der Waals surface area (Å²) in [7, 11) is 3.74. The van der Waals surface area contributed by atoms with E-state index < -0.39 is 10.0 Å². The van der Waals surface area contributed by atoms with Gasteiger partial charge in [-0.1, -0.05) is 11.5 Å². The predicted octanol–water partition coefficient (Wildman–Crippen LogP) is 0.623. The molecule has 0 unspecified atom stereocenters. The SMILES string of the molecule is [B]c1cc2c(c(NS(=O)(=O)CCOC)c1)C(=O)N([C@@H](C)C1CC1)C2. The Labute approximate surface area is 144 Å². The highest BCUT2D eigenvalue weighted by Crippen LogP contribution is 2.39. The van der Waals surface area contributed by atoms with Gasteiger partial charge < -0.3 is 9.64 Å². The number of hydrogen-bond donors (Lipinski definition) is 1. The van der Waals surface area contributed by atoms with Gasteiger partial charge in [0.2, 0.25) is 10.0 Å². The van der Waals surface area contributed by atoms with Crippen molar-refractivity contribution in [3.05, 3.63) is 23.3 Å². The van der Waals surface area contributed by atoms with Crippen LogP contribution in [0.3, 0.4) is 0 Å². The Bertz CT molecular complexity index is 762. The molecule has 0 aromatic heterocycles. The first-order chi connectivity index (χ1) is 11.3. The van der Waals surface area contributed by atoms with Crippen molar-refractivity contribution in [1.29, 1.82) is 0 Å². The minimum absolute atomic E-state index is 0.0820. The molecule has 0 saturated heterocycles. The lowest BCUT2D eigenvalue weighted by molar-refractivity contribution is 0.0698. The van der Waals surface area contributed by atoms with E-state index in [1.54, 1.807) is 6.07 Å². The molecule has 1 aromatic carbocycles. The van der Waals surface area contributed by atoms with E-state index in [1.807, 2.05) is 11.8 Å². The van der Waals surface area contributed by atoms with Gasteiger partial charge in [-0.25, -0.2) is 8.42 Å². The van der Waals surface area contributed by atoms with Crippen LogP contribution < -0.4 is 10.2 Å². The first-order valence-corrected chi connectivity index (χ1v) is 9.70. The third-order valence-electron chi connectivity index (χ3n) is 4.68. The maximum atomic E-state index is 12.8. The maximum absolute atomic E-state index is 12.8. The molecule has 2 radical (unpaired) electrons. The number of sulfonamides is 1. The van der Waals surface area contributed by atoms with E-state index in [2.05, 4.69) is 4.72 Å². The molecule has 8 heteroatoms. The number of benzene rings is 1. The molecular weight excluding hydrogens is 327 g/mol. The average molecular weight is 348 g/mol. The van der Waals surface area contributed by atoms with Crippen molar-refractivity contribution in [2.75, 3.05) is 24.2 Å². The van der Waals surface area contributed by atoms with Crippen molar-refractivity contribution in [3.8, 4) is 0 Å². The van der Waals surface area contributed by atoms with E-state index in [1.165, 1.54) is 13.2 Å². The van der Waals surface area contributed by atoms with E-state index in [0.717, 1.165) is 18.4 Å². The smallest absolute Gasteiger partial charge is 0.256 e. The van der Waals surface area contributed by atoms with E-state index in [4.69, 9.17) is 12.6 Å². The molecule has 1 amide bonds. The van der Waals surface area contributed by atoms with Gasteiger partial charge in [0.15, 0.2) is 0 Å². The van der Waals surface area contributed by atoms with Crippen molar-refractivity contribution < 1.29 is 17.9 Å². The third kappa shape index (κ3) is 3.44. The van der Waals surface area contributed by atoms with Crippen LogP contribution in [0.15, 0.2) is 12.1 Å². The highest BCUT2D eigenvalue weighted by Gasteiger charge is 2.39. The number of amides is 1. The van der Waals surface area contributed by atoms with Crippen LogP contribution in [0.4, 0.5) is 5.69 Å². The lowest BCUT2D eigenvalue weighted by Crippen LogP contribution is -2.35. The second kappa shape index (κ2) is 6.40. The summed E-state index contributed by atoms with van der Waals surface area (Å²) in [5, 5.41) is 0. The normalized spacial score (nSPS) is 18.6. The number of nitrogens with one attached hydrogen (secondary N) is 1. The Hall–Kier alpha value is -1.54. The summed E-state index contributed by atoms with van der Waals surface area (Å²) in [4.78, 5) is 14.6. The highest BCUT2D eigenvalue weighted by atomic mass is 32.2. The topological polar surface area (TPSA) is 75.7 Å². The number of carbonyl (C=O) groups excluding carboxylic acids is 1. The summed E-state index contributed by atoms with van der Waals surface area (Å²) in [6.07, 6.45) is 2.28. The Morgan fingerprint density at radius 2 is 2.12 bits per heavy atom. The molecule has 6 nitrogen and oxygen atoms in total. The van der Waals surface area contributed by atoms with Crippen molar-refractivity contribution >= 4 is 34.9 Å². The monoisotopic (exact) mass is 348 g/mol. The number of anilines is 1. The largest absolute Gasteiger partial charge is 0.384 e. The van der Waals surface area contributed by atoms with Crippen LogP contribution >= 0.6 is 0 Å². The molecule has 1 N–H and O–H groups in total. The molecule has 1 atom stereocenters. The summed E-state index contributed by atoms with van der Waals surface area (Å²) in [5.74, 6) is 0.236. The fraction of sp³-hybridized carbons (Fsp3) is 0.562. The van der Waals surface area contributed by atoms with Crippen LogP contribution in [0.25, 0.3) is 0 Å². The van der Waals surface area contributed by atoms with Gasteiger partial charge in [0.1, 0.15) is 7.85 Å². The zero-order valence-corrected chi connectivity index (χ0v) is 14.7. The van der Waals surface area contributed by atoms with Crippen molar-refractivity contribution in [1.82, 2.24) is 4.90 Å². The van der Waals surface area contributed by atoms with Gasteiger partial charge in [-0.3, -0.25) is 9.52 Å². The Morgan fingerprint density at radius 1 is 1.42 bits per heavy atom. The number of nitrogens with zero attached hydrogens (tertiary/aromatic N) is 1. The van der Waals surface area contributed by atoms with E-state index in [9.17, 15) is 13.2 Å².